The first-order valence-electron chi connectivity index (χ1n) is 32.8. The van der Waals surface area contributed by atoms with E-state index in [0.29, 0.717) is 101 Å². The van der Waals surface area contributed by atoms with Crippen LogP contribution in [0.1, 0.15) is 113 Å². The molecule has 520 valence electrons. The number of nitrogens with zero attached hydrogens (tertiary/aromatic N) is 5. The Balaban J connectivity index is 0.000000234. The summed E-state index contributed by atoms with van der Waals surface area (Å²) in [5.41, 5.74) is 9.67. The molecule has 3 aliphatic heterocycles. The summed E-state index contributed by atoms with van der Waals surface area (Å²) in [7, 11) is 7.04. The third-order valence-electron chi connectivity index (χ3n) is 16.6. The second-order valence-corrected chi connectivity index (χ2v) is 24.8. The van der Waals surface area contributed by atoms with Crippen molar-refractivity contribution >= 4 is 108 Å². The number of rotatable bonds is 31. The fourth-order valence-electron chi connectivity index (χ4n) is 11.1. The first-order valence-corrected chi connectivity index (χ1v) is 33.9. The number of hydrogen-bond acceptors (Lipinski definition) is 16. The first-order chi connectivity index (χ1) is 46.1. The van der Waals surface area contributed by atoms with Crippen LogP contribution >= 0.6 is 15.9 Å². The molecule has 1 saturated heterocycles. The normalized spacial score (nSPS) is 14.9. The lowest BCUT2D eigenvalue weighted by molar-refractivity contribution is -0.138. The number of methoxy groups -OCH3 is 1. The second kappa shape index (κ2) is 38.7. The number of aromatic amines is 1. The zero-order valence-corrected chi connectivity index (χ0v) is 58.0. The average Bonchev–Trinajstić information content (AvgIpc) is 1.56. The van der Waals surface area contributed by atoms with Gasteiger partial charge in [-0.05, 0) is 98.6 Å². The molecule has 7 N–H and O–H groups in total. The van der Waals surface area contributed by atoms with Gasteiger partial charge in [-0.2, -0.15) is 0 Å². The number of H-pyrrole nitrogens is 1. The number of hydrogen-bond donors (Lipinski definition) is 6. The highest BCUT2D eigenvalue weighted by molar-refractivity contribution is 9.09. The van der Waals surface area contributed by atoms with Crippen molar-refractivity contribution in [3.05, 3.63) is 108 Å². The fourth-order valence-corrected chi connectivity index (χ4v) is 11.6. The van der Waals surface area contributed by atoms with Crippen molar-refractivity contribution in [1.82, 2.24) is 40.5 Å². The van der Waals surface area contributed by atoms with Crippen LogP contribution in [-0.2, 0) is 44.8 Å². The number of halogens is 1. The number of unbranched alkanes of at least 4 members (excludes halogenated alkanes) is 1. The van der Waals surface area contributed by atoms with Gasteiger partial charge >= 0.3 is 18.2 Å². The average molecular weight is 1390 g/mol. The Morgan fingerprint density at radius 2 is 1.53 bits per heavy atom. The number of primary amides is 1. The highest BCUT2D eigenvalue weighted by Crippen LogP contribution is 2.46. The molecule has 1 fully saturated rings. The Bertz CT molecular complexity index is 3500. The molecule has 4 aromatic carbocycles. The number of carbonyl (C=O) groups is 10. The number of anilines is 2. The molecule has 9 amide bonds. The van der Waals surface area contributed by atoms with Crippen LogP contribution in [0.4, 0.5) is 25.8 Å². The highest BCUT2D eigenvalue weighted by Gasteiger charge is 2.37. The van der Waals surface area contributed by atoms with Gasteiger partial charge in [0.05, 0.1) is 32.1 Å². The molecule has 0 unspecified atom stereocenters. The van der Waals surface area contributed by atoms with E-state index >= 15 is 0 Å². The van der Waals surface area contributed by atoms with Gasteiger partial charge in [-0.25, -0.2) is 14.4 Å². The number of Topliss-reactive ketones (excluding diaryl/α,β-unsaturated/α-hetero) is 2. The van der Waals surface area contributed by atoms with Crippen LogP contribution in [0, 0.1) is 11.8 Å². The van der Waals surface area contributed by atoms with E-state index in [1.54, 1.807) is 55.3 Å². The van der Waals surface area contributed by atoms with Crippen molar-refractivity contribution < 1.29 is 66.9 Å². The minimum absolute atomic E-state index is 0.0330. The number of nitrogens with two attached hydrogens (primary N) is 1. The Hall–Kier alpha value is -8.72. The van der Waals surface area contributed by atoms with Crippen LogP contribution in [0.2, 0.25) is 0 Å². The van der Waals surface area contributed by atoms with Gasteiger partial charge in [0.1, 0.15) is 29.6 Å². The first kappa shape index (κ1) is 76.3. The quantitative estimate of drug-likeness (QED) is 0.0137. The molecule has 0 aliphatic carbocycles. The molecule has 3 aliphatic rings. The number of alkyl carbamates (subject to hydrolysis) is 1. The van der Waals surface area contributed by atoms with Crippen LogP contribution in [0.25, 0.3) is 21.7 Å². The Morgan fingerprint density at radius 1 is 0.823 bits per heavy atom. The number of fused-ring (bicyclic) bond motifs is 4. The van der Waals surface area contributed by atoms with Gasteiger partial charge < -0.3 is 70.5 Å². The van der Waals surface area contributed by atoms with E-state index in [2.05, 4.69) is 47.1 Å². The Morgan fingerprint density at radius 3 is 2.18 bits per heavy atom. The smallest absolute Gasteiger partial charge is 0.415 e. The molecule has 96 heavy (non-hydrogen) atoms. The molecule has 8 rings (SSSR count). The van der Waals surface area contributed by atoms with Gasteiger partial charge in [0.2, 0.25) is 11.8 Å². The summed E-state index contributed by atoms with van der Waals surface area (Å²) in [6.07, 6.45) is 6.42. The monoisotopic (exact) mass is 1390 g/mol. The maximum Gasteiger partial charge on any atom is 0.415 e. The largest absolute Gasteiger partial charge is 0.497 e. The summed E-state index contributed by atoms with van der Waals surface area (Å²) in [5, 5.41) is 14.5. The second-order valence-electron chi connectivity index (χ2n) is 24.1. The zero-order chi connectivity index (χ0) is 69.8. The Labute approximate surface area is 569 Å². The number of nitrogens with one attached hydrogen (secondary N) is 5. The van der Waals surface area contributed by atoms with Gasteiger partial charge in [-0.3, -0.25) is 38.5 Å². The molecule has 25 nitrogen and oxygen atoms in total. The Kier molecular flexibility index (Phi) is 30.8. The van der Waals surface area contributed by atoms with E-state index in [-0.39, 0.29) is 91.1 Å². The molecule has 1 aromatic heterocycles. The van der Waals surface area contributed by atoms with E-state index in [9.17, 15) is 47.9 Å². The minimum atomic E-state index is -0.626. The molecule has 26 heteroatoms. The number of alkyl halides is 1. The summed E-state index contributed by atoms with van der Waals surface area (Å²) >= 11 is 3.67. The lowest BCUT2D eigenvalue weighted by Gasteiger charge is -2.31. The van der Waals surface area contributed by atoms with Crippen molar-refractivity contribution in [2.45, 2.75) is 104 Å². The number of aromatic nitrogens is 1. The number of ether oxygens (including phenoxy) is 4. The minimum Gasteiger partial charge on any atom is -0.497 e. The van der Waals surface area contributed by atoms with Crippen LogP contribution < -0.4 is 41.4 Å². The van der Waals surface area contributed by atoms with Gasteiger partial charge in [0.25, 0.3) is 17.7 Å². The summed E-state index contributed by atoms with van der Waals surface area (Å²) in [5.74, 6) is -0.306. The van der Waals surface area contributed by atoms with Crippen LogP contribution in [0.15, 0.2) is 91.0 Å². The molecule has 0 bridgehead atoms. The van der Waals surface area contributed by atoms with Crippen molar-refractivity contribution in [3.8, 4) is 11.5 Å². The van der Waals surface area contributed by atoms with Gasteiger partial charge in [-0.1, -0.05) is 86.4 Å². The number of ketones is 2. The summed E-state index contributed by atoms with van der Waals surface area (Å²) in [4.78, 5) is 133. The van der Waals surface area contributed by atoms with E-state index in [1.807, 2.05) is 89.3 Å². The summed E-state index contributed by atoms with van der Waals surface area (Å²) in [6.45, 7) is 13.5. The number of likely N-dealkylation sites (N-methyl/N-ethyl adjacent to an activating group) is 3. The lowest BCUT2D eigenvalue weighted by Crippen LogP contribution is -2.48. The number of amides is 9. The van der Waals surface area contributed by atoms with Gasteiger partial charge in [-0.15, -0.1) is 0 Å². The van der Waals surface area contributed by atoms with E-state index in [4.69, 9.17) is 24.7 Å². The number of urea groups is 1. The fraction of sp³-hybridized carbons (Fsp3) is 0.486. The van der Waals surface area contributed by atoms with Gasteiger partial charge in [0, 0.05) is 149 Å². The van der Waals surface area contributed by atoms with Crippen LogP contribution in [0.5, 0.6) is 11.5 Å². The predicted molar refractivity (Wildman–Crippen MR) is 371 cm³/mol. The van der Waals surface area contributed by atoms with Crippen LogP contribution in [0.3, 0.4) is 0 Å². The van der Waals surface area contributed by atoms with Crippen molar-refractivity contribution in [3.63, 3.8) is 0 Å². The summed E-state index contributed by atoms with van der Waals surface area (Å²) in [6, 6.07) is 23.3. The number of carbonyl (C=O) groups excluding carboxylic acids is 10. The standard InChI is InChI=1S/C29H29BrN4O4.C24H39N5O5.C17H26N2O5/c1-32-9-11-33(12-10-32)29(36)38-26-15-25-27(22-6-4-3-5-21(22)26)19(16-30)17-34(25)28(35)24-14-18-13-20(37-2)7-8-23(18)31-24;1-5-12-28-24(33)34-15-17-8-10-19(11-9-17)29-22(31)18(7-6-13-27-23(25)32)14-20(30)21(26-4)16(2)3;1-3-4-5-14(20)9-12-24-13-11-18(2)15(21)8-10-19-16(22)6-7-17(19)23/h3-8,13-15,19,31H,9-12,16-17H2,1-2H3;8-11,16,18,21,26H,5-7,12-15H2,1-4H3,(H,28,33)(H,29,31)(H3,25,27,32);6-7H,3-5,8-13H2,1-2H3/t19-;18-,21+;/m11./s1. The highest BCUT2D eigenvalue weighted by atomic mass is 79.9. The topological polar surface area (TPSA) is 314 Å². The van der Waals surface area contributed by atoms with Crippen molar-refractivity contribution in [2.24, 2.45) is 17.6 Å². The third-order valence-corrected chi connectivity index (χ3v) is 17.4. The van der Waals surface area contributed by atoms with Crippen molar-refractivity contribution in [2.75, 3.05) is 116 Å². The summed E-state index contributed by atoms with van der Waals surface area (Å²) < 4.78 is 21.9. The third kappa shape index (κ3) is 22.7. The molecule has 0 saturated carbocycles. The molecular weight excluding hydrogens is 1300 g/mol. The maximum atomic E-state index is 13.9. The van der Waals surface area contributed by atoms with E-state index in [0.717, 1.165) is 81.5 Å². The molecule has 4 heterocycles. The molecule has 0 radical (unpaired) electrons. The number of imide groups is 1. The zero-order valence-electron chi connectivity index (χ0n) is 56.4. The SMILES string of the molecule is CCCCC(=O)CCOCCN(C)C(=O)CCN1C(=O)C=CC1=O.CCCNC(=O)OCc1ccc(NC(=O)[C@H](CCCNC(N)=O)CC(=O)[C@@H](NC)C(C)C)cc1.COc1ccc2[nH]c(C(=O)N3C[C@@H](CBr)c4c3cc(OC(=O)N3CCN(C)CC3)c3ccccc43)cc2c1. The molecule has 5 aromatic rings. The number of piperazine rings is 1. The van der Waals surface area contributed by atoms with E-state index < -0.39 is 18.0 Å². The lowest BCUT2D eigenvalue weighted by atomic mass is 9.89. The van der Waals surface area contributed by atoms with Gasteiger partial charge in [0.15, 0.2) is 5.78 Å². The maximum absolute atomic E-state index is 13.9. The van der Waals surface area contributed by atoms with E-state index in [1.165, 1.54) is 17.1 Å². The molecule has 0 spiro atoms. The van der Waals surface area contributed by atoms with Crippen LogP contribution in [-0.4, -0.2) is 196 Å². The number of benzene rings is 4. The van der Waals surface area contributed by atoms with Crippen molar-refractivity contribution in [1.29, 1.82) is 0 Å². The molecule has 3 atom stereocenters. The molecular formula is C70H94BrN11O14. The predicted octanol–water partition coefficient (Wildman–Crippen LogP) is 8.67.